The molecular formula is C18H23N3O3. The first-order valence-corrected chi connectivity index (χ1v) is 7.77. The molecule has 2 aromatic rings. The van der Waals surface area contributed by atoms with Gasteiger partial charge >= 0.3 is 5.97 Å². The van der Waals surface area contributed by atoms with Crippen LogP contribution >= 0.6 is 0 Å². The summed E-state index contributed by atoms with van der Waals surface area (Å²) in [7, 11) is 1.83. The van der Waals surface area contributed by atoms with Crippen LogP contribution < -0.4 is 5.32 Å². The van der Waals surface area contributed by atoms with E-state index in [2.05, 4.69) is 10.4 Å². The molecule has 0 spiro atoms. The summed E-state index contributed by atoms with van der Waals surface area (Å²) in [6, 6.07) is 6.35. The first-order valence-electron chi connectivity index (χ1n) is 7.77. The number of aromatic nitrogens is 2. The van der Waals surface area contributed by atoms with E-state index in [1.807, 2.05) is 34.0 Å². The van der Waals surface area contributed by atoms with Crippen LogP contribution in [0.4, 0.5) is 0 Å². The lowest BCUT2D eigenvalue weighted by Gasteiger charge is -2.31. The number of carboxylic acid groups (broad SMARTS) is 1. The summed E-state index contributed by atoms with van der Waals surface area (Å²) in [6.45, 7) is 6.11. The number of aryl methyl sites for hydroxylation is 1. The summed E-state index contributed by atoms with van der Waals surface area (Å²) in [5.41, 5.74) is 1.37. The number of rotatable bonds is 5. The standard InChI is InChI=1S/C18H23N3O3/c1-18(2,3)16(13-10-19-21(4)11-13)20-15(22)9-12-7-5-6-8-14(12)17(23)24/h5-8,10-11,16H,9H2,1-4H3,(H,20,22)(H,23,24). The maximum absolute atomic E-state index is 12.5. The predicted octanol–water partition coefficient (Wildman–Crippen LogP) is 2.56. The molecule has 128 valence electrons. The van der Waals surface area contributed by atoms with Gasteiger partial charge in [0.25, 0.3) is 0 Å². The quantitative estimate of drug-likeness (QED) is 0.883. The third-order valence-corrected chi connectivity index (χ3v) is 3.83. The Labute approximate surface area is 141 Å². The van der Waals surface area contributed by atoms with Crippen LogP contribution in [-0.2, 0) is 18.3 Å². The largest absolute Gasteiger partial charge is 0.478 e. The van der Waals surface area contributed by atoms with Gasteiger partial charge in [-0.15, -0.1) is 0 Å². The third-order valence-electron chi connectivity index (χ3n) is 3.83. The number of carboxylic acids is 1. The maximum Gasteiger partial charge on any atom is 0.335 e. The molecule has 1 aromatic carbocycles. The summed E-state index contributed by atoms with van der Waals surface area (Å²) in [4.78, 5) is 23.8. The molecule has 0 bridgehead atoms. The highest BCUT2D eigenvalue weighted by Crippen LogP contribution is 2.32. The van der Waals surface area contributed by atoms with Gasteiger partial charge in [0, 0.05) is 18.8 Å². The van der Waals surface area contributed by atoms with Crippen molar-refractivity contribution in [3.8, 4) is 0 Å². The molecule has 0 aliphatic carbocycles. The summed E-state index contributed by atoms with van der Waals surface area (Å²) < 4.78 is 1.69. The van der Waals surface area contributed by atoms with Crippen molar-refractivity contribution in [2.45, 2.75) is 33.2 Å². The monoisotopic (exact) mass is 329 g/mol. The number of hydrogen-bond acceptors (Lipinski definition) is 3. The first-order chi connectivity index (χ1) is 11.2. The van der Waals surface area contributed by atoms with Crippen LogP contribution in [0.2, 0.25) is 0 Å². The van der Waals surface area contributed by atoms with Crippen LogP contribution in [0.3, 0.4) is 0 Å². The molecule has 0 saturated carbocycles. The molecule has 0 fully saturated rings. The Morgan fingerprint density at radius 3 is 2.50 bits per heavy atom. The zero-order valence-corrected chi connectivity index (χ0v) is 14.4. The minimum Gasteiger partial charge on any atom is -0.478 e. The van der Waals surface area contributed by atoms with Crippen molar-refractivity contribution in [3.63, 3.8) is 0 Å². The summed E-state index contributed by atoms with van der Waals surface area (Å²) >= 11 is 0. The van der Waals surface area contributed by atoms with Gasteiger partial charge in [0.2, 0.25) is 5.91 Å². The fraction of sp³-hybridized carbons (Fsp3) is 0.389. The average molecular weight is 329 g/mol. The molecule has 1 amide bonds. The van der Waals surface area contributed by atoms with E-state index in [-0.39, 0.29) is 29.3 Å². The van der Waals surface area contributed by atoms with E-state index in [4.69, 9.17) is 0 Å². The van der Waals surface area contributed by atoms with Crippen molar-refractivity contribution in [2.75, 3.05) is 0 Å². The Morgan fingerprint density at radius 1 is 1.29 bits per heavy atom. The Kier molecular flexibility index (Phi) is 5.07. The Morgan fingerprint density at radius 2 is 1.96 bits per heavy atom. The lowest BCUT2D eigenvalue weighted by atomic mass is 9.83. The number of hydrogen-bond donors (Lipinski definition) is 2. The molecule has 1 aromatic heterocycles. The lowest BCUT2D eigenvalue weighted by molar-refractivity contribution is -0.122. The van der Waals surface area contributed by atoms with Crippen molar-refractivity contribution in [2.24, 2.45) is 12.5 Å². The van der Waals surface area contributed by atoms with Crippen LogP contribution in [0.5, 0.6) is 0 Å². The van der Waals surface area contributed by atoms with Gasteiger partial charge in [0.15, 0.2) is 0 Å². The molecule has 2 rings (SSSR count). The number of benzene rings is 1. The number of carbonyl (C=O) groups excluding carboxylic acids is 1. The molecule has 1 heterocycles. The van der Waals surface area contributed by atoms with Gasteiger partial charge < -0.3 is 10.4 Å². The minimum atomic E-state index is -1.03. The predicted molar refractivity (Wildman–Crippen MR) is 90.7 cm³/mol. The SMILES string of the molecule is Cn1cc(C(NC(=O)Cc2ccccc2C(=O)O)C(C)(C)C)cn1. The minimum absolute atomic E-state index is 0.0231. The molecule has 0 aliphatic heterocycles. The highest BCUT2D eigenvalue weighted by atomic mass is 16.4. The van der Waals surface area contributed by atoms with Crippen molar-refractivity contribution >= 4 is 11.9 Å². The number of amides is 1. The van der Waals surface area contributed by atoms with Gasteiger partial charge in [-0.25, -0.2) is 4.79 Å². The molecular weight excluding hydrogens is 306 g/mol. The second-order valence-corrected chi connectivity index (χ2v) is 6.95. The molecule has 0 radical (unpaired) electrons. The van der Waals surface area contributed by atoms with Gasteiger partial charge in [-0.2, -0.15) is 5.10 Å². The Bertz CT molecular complexity index is 744. The lowest BCUT2D eigenvalue weighted by Crippen LogP contribution is -2.37. The zero-order chi connectivity index (χ0) is 17.9. The van der Waals surface area contributed by atoms with E-state index in [1.54, 1.807) is 29.1 Å². The molecule has 1 atom stereocenters. The number of nitrogens with zero attached hydrogens (tertiary/aromatic N) is 2. The van der Waals surface area contributed by atoms with Crippen LogP contribution in [0.1, 0.15) is 48.3 Å². The highest BCUT2D eigenvalue weighted by molar-refractivity contribution is 5.91. The summed E-state index contributed by atoms with van der Waals surface area (Å²) in [6.07, 6.45) is 3.64. The molecule has 24 heavy (non-hydrogen) atoms. The van der Waals surface area contributed by atoms with E-state index in [0.717, 1.165) is 5.56 Å². The molecule has 1 unspecified atom stereocenters. The van der Waals surface area contributed by atoms with E-state index < -0.39 is 5.97 Å². The number of carbonyl (C=O) groups is 2. The van der Waals surface area contributed by atoms with Gasteiger partial charge in [0.05, 0.1) is 24.2 Å². The van der Waals surface area contributed by atoms with E-state index in [9.17, 15) is 14.7 Å². The van der Waals surface area contributed by atoms with E-state index >= 15 is 0 Å². The first kappa shape index (κ1) is 17.7. The van der Waals surface area contributed by atoms with Crippen molar-refractivity contribution in [1.82, 2.24) is 15.1 Å². The van der Waals surface area contributed by atoms with Gasteiger partial charge in [0.1, 0.15) is 0 Å². The fourth-order valence-corrected chi connectivity index (χ4v) is 2.66. The Hall–Kier alpha value is -2.63. The zero-order valence-electron chi connectivity index (χ0n) is 14.4. The molecule has 0 aliphatic rings. The maximum atomic E-state index is 12.5. The van der Waals surface area contributed by atoms with Crippen LogP contribution in [-0.4, -0.2) is 26.8 Å². The molecule has 6 heteroatoms. The molecule has 2 N–H and O–H groups in total. The normalized spacial score (nSPS) is 12.7. The average Bonchev–Trinajstić information content (AvgIpc) is 2.90. The van der Waals surface area contributed by atoms with Crippen molar-refractivity contribution in [1.29, 1.82) is 0 Å². The van der Waals surface area contributed by atoms with Crippen LogP contribution in [0.15, 0.2) is 36.7 Å². The van der Waals surface area contributed by atoms with Gasteiger partial charge in [-0.3, -0.25) is 9.48 Å². The number of aromatic carboxylic acids is 1. The van der Waals surface area contributed by atoms with Crippen molar-refractivity contribution in [3.05, 3.63) is 53.3 Å². The fourth-order valence-electron chi connectivity index (χ4n) is 2.66. The van der Waals surface area contributed by atoms with Crippen molar-refractivity contribution < 1.29 is 14.7 Å². The topological polar surface area (TPSA) is 84.2 Å². The Balaban J connectivity index is 2.19. The molecule has 6 nitrogen and oxygen atoms in total. The smallest absolute Gasteiger partial charge is 0.335 e. The second-order valence-electron chi connectivity index (χ2n) is 6.95. The summed E-state index contributed by atoms with van der Waals surface area (Å²) in [5, 5.41) is 16.4. The number of nitrogens with one attached hydrogen (secondary N) is 1. The highest BCUT2D eigenvalue weighted by Gasteiger charge is 2.29. The van der Waals surface area contributed by atoms with Gasteiger partial charge in [-0.1, -0.05) is 39.0 Å². The summed E-state index contributed by atoms with van der Waals surface area (Å²) in [5.74, 6) is -1.24. The van der Waals surface area contributed by atoms with Crippen LogP contribution in [0.25, 0.3) is 0 Å². The van der Waals surface area contributed by atoms with E-state index in [0.29, 0.717) is 5.56 Å². The van der Waals surface area contributed by atoms with Gasteiger partial charge in [-0.05, 0) is 17.0 Å². The van der Waals surface area contributed by atoms with E-state index in [1.165, 1.54) is 6.07 Å². The molecule has 0 saturated heterocycles. The van der Waals surface area contributed by atoms with Crippen LogP contribution in [0, 0.1) is 5.41 Å². The second kappa shape index (κ2) is 6.86. The third kappa shape index (κ3) is 4.22.